The maximum Gasteiger partial charge on any atom is 0.315 e. The van der Waals surface area contributed by atoms with E-state index >= 15 is 0 Å². The van der Waals surface area contributed by atoms with Crippen LogP contribution in [0.3, 0.4) is 0 Å². The lowest BCUT2D eigenvalue weighted by Gasteiger charge is -2.34. The molecule has 0 spiro atoms. The fourth-order valence-electron chi connectivity index (χ4n) is 3.87. The molecule has 0 bridgehead atoms. The minimum Gasteiger partial charge on any atom is -0.493 e. The van der Waals surface area contributed by atoms with Crippen molar-refractivity contribution >= 4 is 6.03 Å². The number of rotatable bonds is 9. The van der Waals surface area contributed by atoms with Gasteiger partial charge in [0.25, 0.3) is 0 Å². The van der Waals surface area contributed by atoms with Gasteiger partial charge in [0.1, 0.15) is 0 Å². The molecule has 6 nitrogen and oxygen atoms in total. The lowest BCUT2D eigenvalue weighted by molar-refractivity contribution is 0.139. The molecule has 0 saturated carbocycles. The van der Waals surface area contributed by atoms with E-state index in [-0.39, 0.29) is 6.03 Å². The molecule has 27 heavy (non-hydrogen) atoms. The number of urea groups is 1. The molecule has 1 aliphatic heterocycles. The first-order valence-corrected chi connectivity index (χ1v) is 9.96. The van der Waals surface area contributed by atoms with Gasteiger partial charge in [-0.05, 0) is 55.3 Å². The van der Waals surface area contributed by atoms with Crippen LogP contribution in [-0.2, 0) is 6.54 Å². The zero-order valence-corrected chi connectivity index (χ0v) is 17.2. The number of unbranched alkanes of at least 4 members (excludes halogenated alkanes) is 1. The van der Waals surface area contributed by atoms with Crippen LogP contribution in [0.25, 0.3) is 0 Å². The summed E-state index contributed by atoms with van der Waals surface area (Å²) in [7, 11) is 3.21. The first-order valence-electron chi connectivity index (χ1n) is 9.96. The SMILES string of the molecule is COc1ccc(CNC(=O)NCCCCN2CC(C)CC(C)C2)cc1OC. The first-order chi connectivity index (χ1) is 13.0. The molecule has 1 aromatic rings. The summed E-state index contributed by atoms with van der Waals surface area (Å²) in [6.07, 6.45) is 3.47. The third kappa shape index (κ3) is 7.29. The number of methoxy groups -OCH3 is 2. The minimum absolute atomic E-state index is 0.134. The van der Waals surface area contributed by atoms with Crippen molar-refractivity contribution in [3.63, 3.8) is 0 Å². The summed E-state index contributed by atoms with van der Waals surface area (Å²) in [6.45, 7) is 9.39. The third-order valence-corrected chi connectivity index (χ3v) is 5.03. The Morgan fingerprint density at radius 2 is 1.78 bits per heavy atom. The van der Waals surface area contributed by atoms with Gasteiger partial charge in [-0.2, -0.15) is 0 Å². The van der Waals surface area contributed by atoms with Crippen molar-refractivity contribution in [3.05, 3.63) is 23.8 Å². The van der Waals surface area contributed by atoms with Crippen LogP contribution in [0.1, 0.15) is 38.7 Å². The fourth-order valence-corrected chi connectivity index (χ4v) is 3.87. The molecule has 2 rings (SSSR count). The van der Waals surface area contributed by atoms with Crippen molar-refractivity contribution in [3.8, 4) is 11.5 Å². The van der Waals surface area contributed by atoms with Crippen LogP contribution in [0, 0.1) is 11.8 Å². The van der Waals surface area contributed by atoms with Crippen LogP contribution in [0.15, 0.2) is 18.2 Å². The molecule has 2 amide bonds. The van der Waals surface area contributed by atoms with E-state index in [4.69, 9.17) is 9.47 Å². The number of benzene rings is 1. The van der Waals surface area contributed by atoms with Crippen LogP contribution < -0.4 is 20.1 Å². The zero-order valence-electron chi connectivity index (χ0n) is 17.2. The summed E-state index contributed by atoms with van der Waals surface area (Å²) in [5.41, 5.74) is 0.969. The zero-order chi connectivity index (χ0) is 19.6. The van der Waals surface area contributed by atoms with Gasteiger partial charge < -0.3 is 25.0 Å². The smallest absolute Gasteiger partial charge is 0.315 e. The maximum absolute atomic E-state index is 12.0. The predicted molar refractivity (Wildman–Crippen MR) is 108 cm³/mol. The van der Waals surface area contributed by atoms with Crippen LogP contribution in [-0.4, -0.2) is 51.3 Å². The Morgan fingerprint density at radius 3 is 2.44 bits per heavy atom. The summed E-state index contributed by atoms with van der Waals surface area (Å²) in [5.74, 6) is 2.95. The average molecular weight is 378 g/mol. The van der Waals surface area contributed by atoms with Gasteiger partial charge in [-0.15, -0.1) is 0 Å². The number of amides is 2. The standard InChI is InChI=1S/C21H35N3O3/c1-16-11-17(2)15-24(14-16)10-6-5-9-22-21(25)23-13-18-7-8-19(26-3)20(12-18)27-4/h7-8,12,16-17H,5-6,9-11,13-15H2,1-4H3,(H2,22,23,25). The van der Waals surface area contributed by atoms with Gasteiger partial charge >= 0.3 is 6.03 Å². The molecule has 1 aliphatic rings. The molecular weight excluding hydrogens is 342 g/mol. The molecule has 2 N–H and O–H groups in total. The van der Waals surface area contributed by atoms with Crippen molar-refractivity contribution in [1.82, 2.24) is 15.5 Å². The Hall–Kier alpha value is -1.95. The first kappa shape index (κ1) is 21.4. The Kier molecular flexibility index (Phi) is 8.72. The van der Waals surface area contributed by atoms with E-state index in [1.807, 2.05) is 18.2 Å². The quantitative estimate of drug-likeness (QED) is 0.649. The van der Waals surface area contributed by atoms with E-state index in [1.165, 1.54) is 19.5 Å². The molecule has 6 heteroatoms. The van der Waals surface area contributed by atoms with Gasteiger partial charge in [0.15, 0.2) is 11.5 Å². The third-order valence-electron chi connectivity index (χ3n) is 5.03. The number of nitrogens with zero attached hydrogens (tertiary/aromatic N) is 1. The van der Waals surface area contributed by atoms with E-state index in [1.54, 1.807) is 14.2 Å². The van der Waals surface area contributed by atoms with E-state index < -0.39 is 0 Å². The van der Waals surface area contributed by atoms with Gasteiger partial charge in [-0.3, -0.25) is 0 Å². The van der Waals surface area contributed by atoms with Gasteiger partial charge in [-0.1, -0.05) is 19.9 Å². The molecule has 152 valence electrons. The van der Waals surface area contributed by atoms with Crippen molar-refractivity contribution in [1.29, 1.82) is 0 Å². The number of piperidine rings is 1. The average Bonchev–Trinajstić information content (AvgIpc) is 2.65. The highest BCUT2D eigenvalue weighted by Crippen LogP contribution is 2.27. The Balaban J connectivity index is 1.60. The van der Waals surface area contributed by atoms with E-state index in [0.29, 0.717) is 24.6 Å². The number of ether oxygens (including phenoxy) is 2. The molecule has 1 saturated heterocycles. The van der Waals surface area contributed by atoms with Crippen molar-refractivity contribution in [2.24, 2.45) is 11.8 Å². The van der Waals surface area contributed by atoms with E-state index in [9.17, 15) is 4.79 Å². The summed E-state index contributed by atoms with van der Waals surface area (Å²) in [5, 5.41) is 5.82. The Bertz CT molecular complexity index is 584. The molecule has 1 aromatic carbocycles. The Labute approximate surface area is 163 Å². The highest BCUT2D eigenvalue weighted by molar-refractivity contribution is 5.73. The molecule has 0 radical (unpaired) electrons. The molecule has 2 atom stereocenters. The molecule has 0 aliphatic carbocycles. The van der Waals surface area contributed by atoms with Crippen molar-refractivity contribution in [2.75, 3.05) is 40.4 Å². The molecule has 2 unspecified atom stereocenters. The van der Waals surface area contributed by atoms with Gasteiger partial charge in [0.05, 0.1) is 14.2 Å². The van der Waals surface area contributed by atoms with Crippen LogP contribution in [0.5, 0.6) is 11.5 Å². The lowest BCUT2D eigenvalue weighted by Crippen LogP contribution is -2.39. The van der Waals surface area contributed by atoms with E-state index in [2.05, 4.69) is 29.4 Å². The minimum atomic E-state index is -0.134. The normalized spacial score (nSPS) is 20.1. The number of nitrogens with one attached hydrogen (secondary N) is 2. The van der Waals surface area contributed by atoms with Gasteiger partial charge in [0, 0.05) is 26.2 Å². The summed E-state index contributed by atoms with van der Waals surface area (Å²) >= 11 is 0. The monoisotopic (exact) mass is 377 g/mol. The summed E-state index contributed by atoms with van der Waals surface area (Å²) < 4.78 is 10.5. The molecule has 1 heterocycles. The largest absolute Gasteiger partial charge is 0.493 e. The number of hydrogen-bond donors (Lipinski definition) is 2. The second-order valence-corrected chi connectivity index (χ2v) is 7.71. The van der Waals surface area contributed by atoms with Crippen LogP contribution >= 0.6 is 0 Å². The molecule has 1 fully saturated rings. The van der Waals surface area contributed by atoms with Crippen molar-refractivity contribution in [2.45, 2.75) is 39.7 Å². The second-order valence-electron chi connectivity index (χ2n) is 7.71. The fraction of sp³-hybridized carbons (Fsp3) is 0.667. The maximum atomic E-state index is 12.0. The van der Waals surface area contributed by atoms with Crippen molar-refractivity contribution < 1.29 is 14.3 Å². The van der Waals surface area contributed by atoms with Gasteiger partial charge in [-0.25, -0.2) is 4.79 Å². The second kappa shape index (κ2) is 11.0. The summed E-state index contributed by atoms with van der Waals surface area (Å²) in [6, 6.07) is 5.50. The summed E-state index contributed by atoms with van der Waals surface area (Å²) in [4.78, 5) is 14.5. The number of likely N-dealkylation sites (tertiary alicyclic amines) is 1. The Morgan fingerprint density at radius 1 is 1.07 bits per heavy atom. The highest BCUT2D eigenvalue weighted by Gasteiger charge is 2.20. The highest BCUT2D eigenvalue weighted by atomic mass is 16.5. The molecule has 0 aromatic heterocycles. The number of hydrogen-bond acceptors (Lipinski definition) is 4. The van der Waals surface area contributed by atoms with Crippen LogP contribution in [0.2, 0.25) is 0 Å². The van der Waals surface area contributed by atoms with Gasteiger partial charge in [0.2, 0.25) is 0 Å². The topological polar surface area (TPSA) is 62.8 Å². The number of carbonyl (C=O) groups is 1. The lowest BCUT2D eigenvalue weighted by atomic mass is 9.92. The molecular formula is C21H35N3O3. The van der Waals surface area contributed by atoms with E-state index in [0.717, 1.165) is 36.8 Å². The van der Waals surface area contributed by atoms with Crippen LogP contribution in [0.4, 0.5) is 4.79 Å². The number of carbonyl (C=O) groups excluding carboxylic acids is 1. The predicted octanol–water partition coefficient (Wildman–Crippen LogP) is 3.26.